The Kier molecular flexibility index (Phi) is 8.37. The first kappa shape index (κ1) is 27.4. The Bertz CT molecular complexity index is 1340. The first-order chi connectivity index (χ1) is 18.8. The van der Waals surface area contributed by atoms with Crippen LogP contribution in [-0.2, 0) is 19.9 Å². The summed E-state index contributed by atoms with van der Waals surface area (Å²) in [6.07, 6.45) is 12.9. The average molecular weight is 527 g/mol. The summed E-state index contributed by atoms with van der Waals surface area (Å²) in [6, 6.07) is 12.5. The van der Waals surface area contributed by atoms with Gasteiger partial charge in [0.15, 0.2) is 5.78 Å². The Hall–Kier alpha value is -3.17. The number of carbonyl (C=O) groups excluding carboxylic acids is 1. The molecule has 1 fully saturated rings. The normalized spacial score (nSPS) is 20.3. The largest absolute Gasteiger partial charge is 0.476 e. The van der Waals surface area contributed by atoms with Gasteiger partial charge in [0.2, 0.25) is 5.88 Å². The number of Topliss-reactive ketones (excluding diaryl/α,β-unsaturated/α-hetero) is 1. The zero-order chi connectivity index (χ0) is 27.4. The van der Waals surface area contributed by atoms with Crippen LogP contribution in [-0.4, -0.2) is 46.5 Å². The third-order valence-corrected chi connectivity index (χ3v) is 8.70. The van der Waals surface area contributed by atoms with Crippen molar-refractivity contribution in [2.75, 3.05) is 26.2 Å². The lowest BCUT2D eigenvalue weighted by molar-refractivity contribution is 0.0942. The van der Waals surface area contributed by atoms with Crippen LogP contribution in [0.2, 0.25) is 0 Å². The fraction of sp³-hybridized carbons (Fsp3) is 0.545. The van der Waals surface area contributed by atoms with E-state index in [1.165, 1.54) is 37.7 Å². The monoisotopic (exact) mass is 526 g/mol. The molecule has 3 heterocycles. The molecule has 206 valence electrons. The molecule has 2 aliphatic rings. The van der Waals surface area contributed by atoms with Crippen molar-refractivity contribution in [2.24, 2.45) is 24.3 Å². The van der Waals surface area contributed by atoms with Crippen LogP contribution in [0, 0.1) is 28.6 Å². The van der Waals surface area contributed by atoms with Gasteiger partial charge in [-0.05, 0) is 63.5 Å². The standard InChI is InChI=1S/C33H42N4O2/c1-33(2,22-34)23-39-32-12-11-26-14-17-37(18-15-30(26)35-32)16-13-24-7-9-25(10-8-24)19-31(38)28-6-4-5-27-20-36(3)21-29(27)28/h4-6,11-12,20-21,24-25H,7-10,13-19,23H2,1-3H3. The quantitative estimate of drug-likeness (QED) is 0.303. The molecule has 0 radical (unpaired) electrons. The molecule has 5 rings (SSSR count). The number of rotatable bonds is 9. The third kappa shape index (κ3) is 6.89. The number of pyridine rings is 1. The van der Waals surface area contributed by atoms with Gasteiger partial charge in [0.25, 0.3) is 0 Å². The number of carbonyl (C=O) groups is 1. The molecule has 39 heavy (non-hydrogen) atoms. The average Bonchev–Trinajstić information content (AvgIpc) is 3.20. The van der Waals surface area contributed by atoms with E-state index < -0.39 is 5.41 Å². The first-order valence-electron chi connectivity index (χ1n) is 14.6. The SMILES string of the molecule is Cn1cc2cccc(C(=O)CC3CCC(CCN4CCc5ccc(OCC(C)(C)C#N)nc5CC4)CC3)c2c1. The van der Waals surface area contributed by atoms with Crippen LogP contribution in [0.25, 0.3) is 10.8 Å². The van der Waals surface area contributed by atoms with E-state index >= 15 is 0 Å². The maximum Gasteiger partial charge on any atom is 0.213 e. The maximum atomic E-state index is 13.1. The highest BCUT2D eigenvalue weighted by Gasteiger charge is 2.25. The molecule has 0 unspecified atom stereocenters. The van der Waals surface area contributed by atoms with Gasteiger partial charge < -0.3 is 14.2 Å². The van der Waals surface area contributed by atoms with Crippen LogP contribution in [0.3, 0.4) is 0 Å². The predicted octanol–water partition coefficient (Wildman–Crippen LogP) is 6.37. The lowest BCUT2D eigenvalue weighted by Crippen LogP contribution is -2.29. The summed E-state index contributed by atoms with van der Waals surface area (Å²) in [7, 11) is 2.02. The zero-order valence-corrected chi connectivity index (χ0v) is 23.8. The van der Waals surface area contributed by atoms with Crippen LogP contribution in [0.1, 0.15) is 74.0 Å². The first-order valence-corrected chi connectivity index (χ1v) is 14.6. The molecule has 1 aliphatic heterocycles. The Morgan fingerprint density at radius 3 is 2.64 bits per heavy atom. The summed E-state index contributed by atoms with van der Waals surface area (Å²) in [4.78, 5) is 20.5. The Labute approximate surface area is 233 Å². The van der Waals surface area contributed by atoms with Gasteiger partial charge in [-0.2, -0.15) is 5.26 Å². The number of fused-ring (bicyclic) bond motifs is 2. The minimum absolute atomic E-state index is 0.301. The molecule has 2 aromatic heterocycles. The Balaban J connectivity index is 1.06. The molecule has 0 saturated heterocycles. The predicted molar refractivity (Wildman–Crippen MR) is 155 cm³/mol. The molecule has 3 aromatic rings. The van der Waals surface area contributed by atoms with Crippen LogP contribution < -0.4 is 4.74 Å². The molecule has 0 spiro atoms. The molecular weight excluding hydrogens is 484 g/mol. The third-order valence-electron chi connectivity index (χ3n) is 8.70. The summed E-state index contributed by atoms with van der Waals surface area (Å²) >= 11 is 0. The molecule has 6 nitrogen and oxygen atoms in total. The van der Waals surface area contributed by atoms with Crippen LogP contribution in [0.15, 0.2) is 42.7 Å². The van der Waals surface area contributed by atoms with E-state index in [1.54, 1.807) is 0 Å². The lowest BCUT2D eigenvalue weighted by Gasteiger charge is -2.30. The van der Waals surface area contributed by atoms with Gasteiger partial charge in [0, 0.05) is 73.5 Å². The van der Waals surface area contributed by atoms with Gasteiger partial charge in [0.05, 0.1) is 11.5 Å². The van der Waals surface area contributed by atoms with E-state index in [0.29, 0.717) is 30.6 Å². The van der Waals surface area contributed by atoms with Crippen molar-refractivity contribution >= 4 is 16.6 Å². The van der Waals surface area contributed by atoms with E-state index in [1.807, 2.05) is 43.7 Å². The van der Waals surface area contributed by atoms with Crippen molar-refractivity contribution in [2.45, 2.75) is 65.2 Å². The number of hydrogen-bond acceptors (Lipinski definition) is 5. The Morgan fingerprint density at radius 1 is 1.08 bits per heavy atom. The van der Waals surface area contributed by atoms with Crippen LogP contribution >= 0.6 is 0 Å². The summed E-state index contributed by atoms with van der Waals surface area (Å²) in [5.41, 5.74) is 2.83. The van der Waals surface area contributed by atoms with Crippen molar-refractivity contribution in [3.05, 3.63) is 59.5 Å². The van der Waals surface area contributed by atoms with Crippen molar-refractivity contribution in [1.29, 1.82) is 5.26 Å². The number of ether oxygens (including phenoxy) is 1. The second-order valence-corrected chi connectivity index (χ2v) is 12.4. The number of aryl methyl sites for hydroxylation is 1. The second-order valence-electron chi connectivity index (χ2n) is 12.4. The number of hydrogen-bond donors (Lipinski definition) is 0. The van der Waals surface area contributed by atoms with E-state index in [4.69, 9.17) is 9.72 Å². The molecule has 1 saturated carbocycles. The van der Waals surface area contributed by atoms with Crippen molar-refractivity contribution in [1.82, 2.24) is 14.5 Å². The fourth-order valence-corrected chi connectivity index (χ4v) is 6.20. The van der Waals surface area contributed by atoms with Crippen molar-refractivity contribution in [3.63, 3.8) is 0 Å². The van der Waals surface area contributed by atoms with E-state index in [0.717, 1.165) is 60.4 Å². The van der Waals surface area contributed by atoms with Gasteiger partial charge in [-0.15, -0.1) is 0 Å². The molecule has 1 aliphatic carbocycles. The highest BCUT2D eigenvalue weighted by molar-refractivity contribution is 6.08. The zero-order valence-electron chi connectivity index (χ0n) is 23.8. The molecule has 1 aromatic carbocycles. The summed E-state index contributed by atoms with van der Waals surface area (Å²) in [5, 5.41) is 11.5. The molecular formula is C33H42N4O2. The number of ketones is 1. The van der Waals surface area contributed by atoms with E-state index in [9.17, 15) is 10.1 Å². The second kappa shape index (κ2) is 11.9. The smallest absolute Gasteiger partial charge is 0.213 e. The molecule has 0 atom stereocenters. The Morgan fingerprint density at radius 2 is 1.85 bits per heavy atom. The number of aromatic nitrogens is 2. The van der Waals surface area contributed by atoms with Crippen molar-refractivity contribution in [3.8, 4) is 11.9 Å². The summed E-state index contributed by atoms with van der Waals surface area (Å²) in [6.45, 7) is 7.35. The number of nitriles is 1. The van der Waals surface area contributed by atoms with Gasteiger partial charge in [0.1, 0.15) is 6.61 Å². The molecule has 0 amide bonds. The molecule has 6 heteroatoms. The van der Waals surface area contributed by atoms with E-state index in [2.05, 4.69) is 35.5 Å². The van der Waals surface area contributed by atoms with Crippen molar-refractivity contribution < 1.29 is 9.53 Å². The molecule has 0 N–H and O–H groups in total. The van der Waals surface area contributed by atoms with Crippen LogP contribution in [0.4, 0.5) is 0 Å². The number of nitrogens with zero attached hydrogens (tertiary/aromatic N) is 4. The van der Waals surface area contributed by atoms with Gasteiger partial charge in [-0.25, -0.2) is 4.98 Å². The fourth-order valence-electron chi connectivity index (χ4n) is 6.20. The minimum atomic E-state index is -0.517. The summed E-state index contributed by atoms with van der Waals surface area (Å²) < 4.78 is 7.87. The minimum Gasteiger partial charge on any atom is -0.476 e. The van der Waals surface area contributed by atoms with E-state index in [-0.39, 0.29) is 0 Å². The van der Waals surface area contributed by atoms with Gasteiger partial charge in [-0.1, -0.05) is 37.1 Å². The topological polar surface area (TPSA) is 71.2 Å². The highest BCUT2D eigenvalue weighted by Crippen LogP contribution is 2.34. The van der Waals surface area contributed by atoms with Gasteiger partial charge >= 0.3 is 0 Å². The van der Waals surface area contributed by atoms with Gasteiger partial charge in [-0.3, -0.25) is 4.79 Å². The summed E-state index contributed by atoms with van der Waals surface area (Å²) in [5.74, 6) is 2.21. The maximum absolute atomic E-state index is 13.1. The lowest BCUT2D eigenvalue weighted by atomic mass is 9.78. The molecule has 0 bridgehead atoms. The number of benzene rings is 1. The highest BCUT2D eigenvalue weighted by atomic mass is 16.5. The van der Waals surface area contributed by atoms with Crippen LogP contribution in [0.5, 0.6) is 5.88 Å².